The van der Waals surface area contributed by atoms with Crippen molar-refractivity contribution in [1.29, 1.82) is 0 Å². The lowest BCUT2D eigenvalue weighted by atomic mass is 10.2. The molecule has 1 amide bonds. The van der Waals surface area contributed by atoms with Crippen molar-refractivity contribution in [3.8, 4) is 0 Å². The molecule has 0 spiro atoms. The van der Waals surface area contributed by atoms with Crippen LogP contribution >= 0.6 is 0 Å². The number of nitrogens with zero attached hydrogens (tertiary/aromatic N) is 2. The van der Waals surface area contributed by atoms with Crippen molar-refractivity contribution in [3.05, 3.63) is 70.8 Å². The second kappa shape index (κ2) is 5.90. The van der Waals surface area contributed by atoms with Crippen LogP contribution in [0.25, 0.3) is 21.9 Å². The van der Waals surface area contributed by atoms with E-state index in [1.54, 1.807) is 0 Å². The van der Waals surface area contributed by atoms with E-state index >= 15 is 0 Å². The first-order valence-corrected chi connectivity index (χ1v) is 7.94. The van der Waals surface area contributed by atoms with Crippen LogP contribution in [0.3, 0.4) is 0 Å². The molecule has 0 radical (unpaired) electrons. The van der Waals surface area contributed by atoms with E-state index in [9.17, 15) is 9.59 Å². The molecule has 0 saturated carbocycles. The standard InChI is InChI=1S/C19H16N4O2/c1-12-5-4-6-13(9-12)21-16(24)10-23-11-20-17-14-7-2-3-8-15(14)22-18(17)19(23)25/h2-9,11,22H,10H2,1H3,(H,21,24). The molecule has 2 aromatic carbocycles. The van der Waals surface area contributed by atoms with E-state index in [-0.39, 0.29) is 18.0 Å². The molecule has 2 heterocycles. The van der Waals surface area contributed by atoms with E-state index in [1.807, 2.05) is 55.5 Å². The summed E-state index contributed by atoms with van der Waals surface area (Å²) in [5.74, 6) is -0.273. The molecule has 0 bridgehead atoms. The molecule has 124 valence electrons. The smallest absolute Gasteiger partial charge is 0.278 e. The van der Waals surface area contributed by atoms with E-state index < -0.39 is 0 Å². The van der Waals surface area contributed by atoms with Gasteiger partial charge in [-0.2, -0.15) is 0 Å². The molecular weight excluding hydrogens is 316 g/mol. The number of aromatic nitrogens is 3. The fraction of sp³-hybridized carbons (Fsp3) is 0.105. The van der Waals surface area contributed by atoms with Gasteiger partial charge in [0, 0.05) is 16.6 Å². The van der Waals surface area contributed by atoms with E-state index in [1.165, 1.54) is 10.9 Å². The van der Waals surface area contributed by atoms with Crippen LogP contribution in [0.15, 0.2) is 59.7 Å². The Morgan fingerprint density at radius 1 is 1.20 bits per heavy atom. The number of para-hydroxylation sites is 1. The third kappa shape index (κ3) is 2.78. The molecule has 0 fully saturated rings. The number of amides is 1. The van der Waals surface area contributed by atoms with Gasteiger partial charge in [0.05, 0.1) is 6.33 Å². The molecule has 6 heteroatoms. The Hall–Kier alpha value is -3.41. The van der Waals surface area contributed by atoms with Gasteiger partial charge in [0.1, 0.15) is 17.6 Å². The summed E-state index contributed by atoms with van der Waals surface area (Å²) in [6.45, 7) is 1.86. The van der Waals surface area contributed by atoms with Crippen LogP contribution in [0.1, 0.15) is 5.56 Å². The minimum atomic E-state index is -0.273. The maximum atomic E-state index is 12.7. The van der Waals surface area contributed by atoms with Gasteiger partial charge in [0.25, 0.3) is 5.56 Å². The van der Waals surface area contributed by atoms with Crippen LogP contribution in [-0.2, 0) is 11.3 Å². The molecule has 2 aromatic heterocycles. The lowest BCUT2D eigenvalue weighted by Gasteiger charge is -2.07. The zero-order valence-electron chi connectivity index (χ0n) is 13.6. The highest BCUT2D eigenvalue weighted by atomic mass is 16.2. The monoisotopic (exact) mass is 332 g/mol. The number of nitrogens with one attached hydrogen (secondary N) is 2. The molecule has 4 rings (SSSR count). The summed E-state index contributed by atoms with van der Waals surface area (Å²) in [5.41, 5.74) is 3.38. The summed E-state index contributed by atoms with van der Waals surface area (Å²) >= 11 is 0. The number of fused-ring (bicyclic) bond motifs is 3. The Morgan fingerprint density at radius 2 is 2.04 bits per heavy atom. The van der Waals surface area contributed by atoms with Crippen molar-refractivity contribution in [2.75, 3.05) is 5.32 Å². The van der Waals surface area contributed by atoms with Crippen molar-refractivity contribution in [3.63, 3.8) is 0 Å². The molecule has 25 heavy (non-hydrogen) atoms. The summed E-state index contributed by atoms with van der Waals surface area (Å²) < 4.78 is 1.31. The summed E-state index contributed by atoms with van der Waals surface area (Å²) in [7, 11) is 0. The Kier molecular flexibility index (Phi) is 3.57. The van der Waals surface area contributed by atoms with Gasteiger partial charge >= 0.3 is 0 Å². The first-order chi connectivity index (χ1) is 12.1. The SMILES string of the molecule is Cc1cccc(NC(=O)Cn2cnc3c([nH]c4ccccc43)c2=O)c1. The fourth-order valence-corrected chi connectivity index (χ4v) is 2.93. The number of aromatic amines is 1. The molecule has 0 saturated heterocycles. The van der Waals surface area contributed by atoms with Gasteiger partial charge in [0.15, 0.2) is 0 Å². The lowest BCUT2D eigenvalue weighted by Crippen LogP contribution is -2.27. The first-order valence-electron chi connectivity index (χ1n) is 7.94. The number of benzene rings is 2. The number of hydrogen-bond donors (Lipinski definition) is 2. The number of hydrogen-bond acceptors (Lipinski definition) is 3. The Morgan fingerprint density at radius 3 is 2.88 bits per heavy atom. The highest BCUT2D eigenvalue weighted by Crippen LogP contribution is 2.20. The van der Waals surface area contributed by atoms with E-state index in [4.69, 9.17) is 0 Å². The van der Waals surface area contributed by atoms with Gasteiger partial charge in [-0.1, -0.05) is 30.3 Å². The van der Waals surface area contributed by atoms with Crippen LogP contribution in [0, 0.1) is 6.92 Å². The number of anilines is 1. The van der Waals surface area contributed by atoms with Gasteiger partial charge in [-0.05, 0) is 30.7 Å². The average Bonchev–Trinajstić information content (AvgIpc) is 2.97. The predicted molar refractivity (Wildman–Crippen MR) is 97.7 cm³/mol. The van der Waals surface area contributed by atoms with Crippen LogP contribution in [0.4, 0.5) is 5.69 Å². The van der Waals surface area contributed by atoms with Crippen molar-refractivity contribution >= 4 is 33.5 Å². The second-order valence-electron chi connectivity index (χ2n) is 5.99. The van der Waals surface area contributed by atoms with Gasteiger partial charge in [-0.25, -0.2) is 4.98 Å². The van der Waals surface area contributed by atoms with Crippen molar-refractivity contribution in [2.45, 2.75) is 13.5 Å². The van der Waals surface area contributed by atoms with Crippen LogP contribution in [0.2, 0.25) is 0 Å². The maximum absolute atomic E-state index is 12.7. The molecule has 4 aromatic rings. The maximum Gasteiger partial charge on any atom is 0.278 e. The predicted octanol–water partition coefficient (Wildman–Crippen LogP) is 2.82. The molecule has 0 aliphatic carbocycles. The lowest BCUT2D eigenvalue weighted by molar-refractivity contribution is -0.116. The largest absolute Gasteiger partial charge is 0.349 e. The molecule has 0 atom stereocenters. The zero-order valence-corrected chi connectivity index (χ0v) is 13.6. The van der Waals surface area contributed by atoms with Crippen molar-refractivity contribution < 1.29 is 4.79 Å². The first kappa shape index (κ1) is 15.1. The van der Waals surface area contributed by atoms with Crippen LogP contribution in [-0.4, -0.2) is 20.4 Å². The normalized spacial score (nSPS) is 11.1. The van der Waals surface area contributed by atoms with E-state index in [0.29, 0.717) is 16.7 Å². The second-order valence-corrected chi connectivity index (χ2v) is 5.99. The fourth-order valence-electron chi connectivity index (χ4n) is 2.93. The Labute approximate surface area is 143 Å². The van der Waals surface area contributed by atoms with Gasteiger partial charge in [0.2, 0.25) is 5.91 Å². The topological polar surface area (TPSA) is 79.8 Å². The number of carbonyl (C=O) groups is 1. The van der Waals surface area contributed by atoms with E-state index in [2.05, 4.69) is 15.3 Å². The van der Waals surface area contributed by atoms with Crippen LogP contribution < -0.4 is 10.9 Å². The Balaban J connectivity index is 1.65. The molecule has 2 N–H and O–H groups in total. The summed E-state index contributed by atoms with van der Waals surface area (Å²) in [6, 6.07) is 15.1. The van der Waals surface area contributed by atoms with Gasteiger partial charge in [-0.3, -0.25) is 14.2 Å². The molecule has 0 unspecified atom stereocenters. The molecule has 0 aliphatic heterocycles. The zero-order chi connectivity index (χ0) is 17.4. The minimum Gasteiger partial charge on any atom is -0.349 e. The van der Waals surface area contributed by atoms with Crippen molar-refractivity contribution in [1.82, 2.24) is 14.5 Å². The molecule has 6 nitrogen and oxygen atoms in total. The summed E-state index contributed by atoms with van der Waals surface area (Å²) in [6.07, 6.45) is 1.42. The van der Waals surface area contributed by atoms with Crippen molar-refractivity contribution in [2.24, 2.45) is 0 Å². The Bertz CT molecular complexity index is 1160. The highest BCUT2D eigenvalue weighted by molar-refractivity contribution is 6.04. The van der Waals surface area contributed by atoms with Crippen LogP contribution in [0.5, 0.6) is 0 Å². The van der Waals surface area contributed by atoms with E-state index in [0.717, 1.165) is 16.5 Å². The van der Waals surface area contributed by atoms with Gasteiger partial charge < -0.3 is 10.3 Å². The minimum absolute atomic E-state index is 0.0922. The summed E-state index contributed by atoms with van der Waals surface area (Å²) in [4.78, 5) is 32.3. The third-order valence-electron chi connectivity index (χ3n) is 4.10. The third-order valence-corrected chi connectivity index (χ3v) is 4.10. The highest BCUT2D eigenvalue weighted by Gasteiger charge is 2.12. The number of aryl methyl sites for hydroxylation is 1. The van der Waals surface area contributed by atoms with Gasteiger partial charge in [-0.15, -0.1) is 0 Å². The average molecular weight is 332 g/mol. The molecule has 0 aliphatic rings. The number of carbonyl (C=O) groups excluding carboxylic acids is 1. The summed E-state index contributed by atoms with van der Waals surface area (Å²) in [5, 5.41) is 3.69. The quantitative estimate of drug-likeness (QED) is 0.605. The number of rotatable bonds is 3. The molecular formula is C19H16N4O2. The number of H-pyrrole nitrogens is 1.